The largest absolute Gasteiger partial charge is 0.466 e. The van der Waals surface area contributed by atoms with Gasteiger partial charge >= 0.3 is 5.97 Å². The molecule has 0 bridgehead atoms. The van der Waals surface area contributed by atoms with E-state index in [1.54, 1.807) is 6.92 Å². The van der Waals surface area contributed by atoms with E-state index in [-0.39, 0.29) is 18.8 Å². The number of sulfonamides is 1. The lowest BCUT2D eigenvalue weighted by atomic mass is 10.2. The van der Waals surface area contributed by atoms with Crippen LogP contribution in [0.5, 0.6) is 0 Å². The predicted molar refractivity (Wildman–Crippen MR) is 73.7 cm³/mol. The zero-order chi connectivity index (χ0) is 14.0. The van der Waals surface area contributed by atoms with Gasteiger partial charge in [-0.1, -0.05) is 12.2 Å². The van der Waals surface area contributed by atoms with E-state index in [1.165, 1.54) is 0 Å². The summed E-state index contributed by atoms with van der Waals surface area (Å²) >= 11 is 4.70. The van der Waals surface area contributed by atoms with E-state index in [0.29, 0.717) is 24.4 Å². The Hall–Kier alpha value is -0.730. The molecule has 18 heavy (non-hydrogen) atoms. The molecule has 0 unspecified atom stereocenters. The minimum atomic E-state index is -3.41. The van der Waals surface area contributed by atoms with Crippen LogP contribution in [0.4, 0.5) is 0 Å². The molecule has 3 N–H and O–H groups in total. The Balaban J connectivity index is 3.74. The molecule has 0 aliphatic carbocycles. The van der Waals surface area contributed by atoms with Gasteiger partial charge in [0.2, 0.25) is 10.0 Å². The van der Waals surface area contributed by atoms with E-state index < -0.39 is 16.0 Å². The first-order chi connectivity index (χ1) is 8.37. The third-order valence-corrected chi connectivity index (χ3v) is 3.64. The van der Waals surface area contributed by atoms with Crippen LogP contribution in [0, 0.1) is 0 Å². The van der Waals surface area contributed by atoms with E-state index in [1.807, 2.05) is 0 Å². The molecular formula is C10H20N2O4S2. The van der Waals surface area contributed by atoms with Crippen molar-refractivity contribution in [2.75, 3.05) is 18.9 Å². The van der Waals surface area contributed by atoms with Crippen LogP contribution < -0.4 is 10.5 Å². The lowest BCUT2D eigenvalue weighted by Crippen LogP contribution is -2.28. The average Bonchev–Trinajstić information content (AvgIpc) is 2.26. The van der Waals surface area contributed by atoms with Gasteiger partial charge in [0.15, 0.2) is 0 Å². The van der Waals surface area contributed by atoms with E-state index in [2.05, 4.69) is 9.46 Å². The van der Waals surface area contributed by atoms with Crippen molar-refractivity contribution in [3.05, 3.63) is 0 Å². The van der Waals surface area contributed by atoms with Crippen LogP contribution in [0.15, 0.2) is 0 Å². The number of unbranched alkanes of at least 4 members (excludes halogenated alkanes) is 1. The molecule has 0 heterocycles. The normalized spacial score (nSPS) is 11.2. The molecule has 0 aliphatic heterocycles. The Kier molecular flexibility index (Phi) is 8.86. The van der Waals surface area contributed by atoms with Crippen molar-refractivity contribution in [1.29, 1.82) is 0 Å². The van der Waals surface area contributed by atoms with Crippen LogP contribution >= 0.6 is 12.2 Å². The molecule has 106 valence electrons. The van der Waals surface area contributed by atoms with Crippen molar-refractivity contribution >= 4 is 33.2 Å². The van der Waals surface area contributed by atoms with Crippen LogP contribution in [0.2, 0.25) is 0 Å². The van der Waals surface area contributed by atoms with Crippen molar-refractivity contribution in [2.24, 2.45) is 5.73 Å². The average molecular weight is 296 g/mol. The van der Waals surface area contributed by atoms with Crippen molar-refractivity contribution in [1.82, 2.24) is 4.72 Å². The molecule has 0 rings (SSSR count). The molecular weight excluding hydrogens is 276 g/mol. The first-order valence-corrected chi connectivity index (χ1v) is 7.84. The lowest BCUT2D eigenvalue weighted by Gasteiger charge is -2.06. The van der Waals surface area contributed by atoms with E-state index in [4.69, 9.17) is 18.0 Å². The summed E-state index contributed by atoms with van der Waals surface area (Å²) in [6.07, 6.45) is 1.89. The van der Waals surface area contributed by atoms with Gasteiger partial charge in [0.25, 0.3) is 0 Å². The molecule has 0 aromatic carbocycles. The molecule has 6 nitrogen and oxygen atoms in total. The summed E-state index contributed by atoms with van der Waals surface area (Å²) in [4.78, 5) is 11.4. The van der Waals surface area contributed by atoms with Crippen molar-refractivity contribution in [3.8, 4) is 0 Å². The minimum Gasteiger partial charge on any atom is -0.466 e. The number of rotatable bonds is 10. The van der Waals surface area contributed by atoms with Gasteiger partial charge in [-0.2, -0.15) is 0 Å². The molecule has 8 heteroatoms. The molecule has 0 aromatic heterocycles. The highest BCUT2D eigenvalue weighted by Crippen LogP contribution is 1.97. The second-order valence-corrected chi connectivity index (χ2v) is 6.14. The summed E-state index contributed by atoms with van der Waals surface area (Å²) in [7, 11) is -3.41. The summed E-state index contributed by atoms with van der Waals surface area (Å²) < 4.78 is 30.0. The number of thiocarbonyl (C=S) groups is 1. The maximum atomic E-state index is 11.5. The fourth-order valence-electron chi connectivity index (χ4n) is 1.17. The number of carbonyl (C=O) groups excluding carboxylic acids is 1. The molecule has 0 radical (unpaired) electrons. The quantitative estimate of drug-likeness (QED) is 0.342. The summed E-state index contributed by atoms with van der Waals surface area (Å²) in [6.45, 7) is 2.26. The van der Waals surface area contributed by atoms with Gasteiger partial charge < -0.3 is 10.5 Å². The monoisotopic (exact) mass is 296 g/mol. The van der Waals surface area contributed by atoms with Gasteiger partial charge in [-0.3, -0.25) is 4.79 Å². The fourth-order valence-corrected chi connectivity index (χ4v) is 2.35. The van der Waals surface area contributed by atoms with Crippen LogP contribution in [-0.4, -0.2) is 38.3 Å². The summed E-state index contributed by atoms with van der Waals surface area (Å²) in [5.74, 6) is -0.752. The number of nitrogens with one attached hydrogen (secondary N) is 1. The molecule has 0 spiro atoms. The zero-order valence-corrected chi connectivity index (χ0v) is 12.1. The van der Waals surface area contributed by atoms with Gasteiger partial charge in [0.1, 0.15) is 0 Å². The molecule has 0 saturated heterocycles. The number of ether oxygens (including phenoxy) is 1. The number of carbonyl (C=O) groups is 1. The summed E-state index contributed by atoms with van der Waals surface area (Å²) in [5.41, 5.74) is 5.31. The van der Waals surface area contributed by atoms with Crippen LogP contribution in [0.1, 0.15) is 32.6 Å². The molecule has 0 amide bonds. The third kappa shape index (κ3) is 10.4. The van der Waals surface area contributed by atoms with E-state index in [0.717, 1.165) is 6.42 Å². The van der Waals surface area contributed by atoms with Crippen molar-refractivity contribution in [3.63, 3.8) is 0 Å². The molecule has 0 fully saturated rings. The standard InChI is InChI=1S/C10H20N2O4S2/c1-2-16-10(13)6-8-18(14,15)12-7-4-3-5-9(11)17/h12H,2-8H2,1H3,(H2,11,17). The van der Waals surface area contributed by atoms with Crippen LogP contribution in [0.25, 0.3) is 0 Å². The first-order valence-electron chi connectivity index (χ1n) is 5.78. The van der Waals surface area contributed by atoms with Gasteiger partial charge in [-0.05, 0) is 26.2 Å². The highest BCUT2D eigenvalue weighted by atomic mass is 32.2. The van der Waals surface area contributed by atoms with E-state index >= 15 is 0 Å². The molecule has 0 aliphatic rings. The molecule has 0 atom stereocenters. The van der Waals surface area contributed by atoms with Gasteiger partial charge in [0, 0.05) is 6.54 Å². The highest BCUT2D eigenvalue weighted by Gasteiger charge is 2.12. The summed E-state index contributed by atoms with van der Waals surface area (Å²) in [5, 5.41) is 0. The van der Waals surface area contributed by atoms with Gasteiger partial charge in [-0.15, -0.1) is 0 Å². The Labute approximate surface area is 113 Å². The first kappa shape index (κ1) is 17.3. The molecule has 0 saturated carbocycles. The maximum Gasteiger partial charge on any atom is 0.306 e. The minimum absolute atomic E-state index is 0.129. The second-order valence-electron chi connectivity index (χ2n) is 3.69. The van der Waals surface area contributed by atoms with Gasteiger partial charge in [0.05, 0.1) is 23.8 Å². The Morgan fingerprint density at radius 3 is 2.56 bits per heavy atom. The smallest absolute Gasteiger partial charge is 0.306 e. The molecule has 0 aromatic rings. The predicted octanol–water partition coefficient (Wildman–Crippen LogP) is 0.315. The van der Waals surface area contributed by atoms with Crippen molar-refractivity contribution < 1.29 is 17.9 Å². The number of hydrogen-bond donors (Lipinski definition) is 2. The number of esters is 1. The van der Waals surface area contributed by atoms with E-state index in [9.17, 15) is 13.2 Å². The van der Waals surface area contributed by atoms with Gasteiger partial charge in [-0.25, -0.2) is 13.1 Å². The second kappa shape index (κ2) is 9.23. The Morgan fingerprint density at radius 1 is 1.33 bits per heavy atom. The maximum absolute atomic E-state index is 11.5. The van der Waals surface area contributed by atoms with Crippen molar-refractivity contribution in [2.45, 2.75) is 32.6 Å². The third-order valence-electron chi connectivity index (χ3n) is 2.05. The fraction of sp³-hybridized carbons (Fsp3) is 0.800. The van der Waals surface area contributed by atoms with Crippen LogP contribution in [0.3, 0.4) is 0 Å². The lowest BCUT2D eigenvalue weighted by molar-refractivity contribution is -0.142. The Morgan fingerprint density at radius 2 is 2.00 bits per heavy atom. The number of nitrogens with two attached hydrogens (primary N) is 1. The number of hydrogen-bond acceptors (Lipinski definition) is 5. The zero-order valence-electron chi connectivity index (χ0n) is 10.5. The highest BCUT2D eigenvalue weighted by molar-refractivity contribution is 7.89. The van der Waals surface area contributed by atoms with Crippen LogP contribution in [-0.2, 0) is 19.6 Å². The Bertz CT molecular complexity index is 368. The summed E-state index contributed by atoms with van der Waals surface area (Å²) in [6, 6.07) is 0. The SMILES string of the molecule is CCOC(=O)CCS(=O)(=O)NCCCCC(N)=S. The topological polar surface area (TPSA) is 98.5 Å².